The maximum Gasteiger partial charge on any atom is 0.341 e. The van der Waals surface area contributed by atoms with Crippen molar-refractivity contribution in [1.82, 2.24) is 10.6 Å². The van der Waals surface area contributed by atoms with Gasteiger partial charge >= 0.3 is 5.97 Å². The number of nitrogens with one attached hydrogen (secondary N) is 2. The molecule has 0 aliphatic rings. The first-order chi connectivity index (χ1) is 10.2. The van der Waals surface area contributed by atoms with Crippen LogP contribution in [0.3, 0.4) is 0 Å². The molecule has 0 bridgehead atoms. The van der Waals surface area contributed by atoms with Crippen molar-refractivity contribution in [3.63, 3.8) is 0 Å². The second-order valence-corrected chi connectivity index (χ2v) is 4.12. The summed E-state index contributed by atoms with van der Waals surface area (Å²) in [4.78, 5) is 15.8. The summed E-state index contributed by atoms with van der Waals surface area (Å²) in [5.41, 5.74) is 1.31. The van der Waals surface area contributed by atoms with Crippen LogP contribution >= 0.6 is 0 Å². The molecule has 21 heavy (non-hydrogen) atoms. The molecule has 0 fully saturated rings. The third kappa shape index (κ3) is 4.83. The molecule has 0 spiro atoms. The first-order valence-corrected chi connectivity index (χ1v) is 6.46. The zero-order valence-corrected chi connectivity index (χ0v) is 12.6. The highest BCUT2D eigenvalue weighted by atomic mass is 16.5. The van der Waals surface area contributed by atoms with E-state index >= 15 is 0 Å². The van der Waals surface area contributed by atoms with E-state index in [9.17, 15) is 4.79 Å². The number of hydrogen-bond donors (Lipinski definition) is 2. The van der Waals surface area contributed by atoms with Crippen LogP contribution in [0, 0.1) is 0 Å². The maximum atomic E-state index is 11.7. The number of rotatable bonds is 6. The van der Waals surface area contributed by atoms with Crippen LogP contribution < -0.4 is 15.4 Å². The van der Waals surface area contributed by atoms with Crippen LogP contribution in [0.15, 0.2) is 35.8 Å². The van der Waals surface area contributed by atoms with Gasteiger partial charge in [-0.2, -0.15) is 0 Å². The third-order valence-electron chi connectivity index (χ3n) is 2.77. The van der Waals surface area contributed by atoms with Gasteiger partial charge in [-0.15, -0.1) is 6.58 Å². The molecule has 2 N–H and O–H groups in total. The number of benzene rings is 1. The minimum absolute atomic E-state index is 0.397. The molecule has 0 saturated heterocycles. The molecule has 0 aromatic heterocycles. The molecule has 0 unspecified atom stereocenters. The van der Waals surface area contributed by atoms with Crippen molar-refractivity contribution >= 4 is 11.9 Å². The fraction of sp³-hybridized carbons (Fsp3) is 0.333. The summed E-state index contributed by atoms with van der Waals surface area (Å²) in [5, 5.41) is 6.21. The summed E-state index contributed by atoms with van der Waals surface area (Å²) >= 11 is 0. The monoisotopic (exact) mass is 291 g/mol. The number of aliphatic imine (C=N–C) groups is 1. The second-order valence-electron chi connectivity index (χ2n) is 4.12. The Morgan fingerprint density at radius 2 is 2.14 bits per heavy atom. The number of nitrogens with zero attached hydrogens (tertiary/aromatic N) is 1. The van der Waals surface area contributed by atoms with Gasteiger partial charge in [0.15, 0.2) is 5.96 Å². The van der Waals surface area contributed by atoms with Crippen molar-refractivity contribution in [3.8, 4) is 5.75 Å². The van der Waals surface area contributed by atoms with E-state index in [0.29, 0.717) is 30.4 Å². The minimum atomic E-state index is -0.428. The van der Waals surface area contributed by atoms with Gasteiger partial charge in [-0.05, 0) is 17.7 Å². The highest BCUT2D eigenvalue weighted by Gasteiger charge is 2.13. The van der Waals surface area contributed by atoms with Crippen LogP contribution in [-0.2, 0) is 11.3 Å². The maximum absolute atomic E-state index is 11.7. The lowest BCUT2D eigenvalue weighted by Crippen LogP contribution is -2.36. The van der Waals surface area contributed by atoms with Crippen LogP contribution in [0.5, 0.6) is 5.75 Å². The van der Waals surface area contributed by atoms with E-state index in [1.165, 1.54) is 14.2 Å². The summed E-state index contributed by atoms with van der Waals surface area (Å²) < 4.78 is 9.90. The van der Waals surface area contributed by atoms with Gasteiger partial charge in [-0.1, -0.05) is 12.1 Å². The number of ether oxygens (including phenoxy) is 2. The lowest BCUT2D eigenvalue weighted by atomic mass is 10.1. The summed E-state index contributed by atoms with van der Waals surface area (Å²) in [7, 11) is 4.54. The molecule has 0 saturated carbocycles. The Balaban J connectivity index is 2.80. The fourth-order valence-electron chi connectivity index (χ4n) is 1.71. The van der Waals surface area contributed by atoms with Crippen molar-refractivity contribution in [2.24, 2.45) is 4.99 Å². The first-order valence-electron chi connectivity index (χ1n) is 6.46. The van der Waals surface area contributed by atoms with Crippen molar-refractivity contribution in [3.05, 3.63) is 42.0 Å². The first kappa shape index (κ1) is 16.6. The predicted molar refractivity (Wildman–Crippen MR) is 82.7 cm³/mol. The molecule has 0 atom stereocenters. The Hall–Kier alpha value is -2.50. The molecule has 1 aromatic carbocycles. The molecule has 0 aliphatic heterocycles. The van der Waals surface area contributed by atoms with Gasteiger partial charge in [-0.25, -0.2) is 4.79 Å². The largest absolute Gasteiger partial charge is 0.496 e. The normalized spacial score (nSPS) is 10.7. The SMILES string of the molecule is C=CCNC(=NC)NCc1ccc(OC)c(C(=O)OC)c1. The summed E-state index contributed by atoms with van der Waals surface area (Å²) in [6.07, 6.45) is 1.75. The summed E-state index contributed by atoms with van der Waals surface area (Å²) in [6.45, 7) is 4.77. The van der Waals surface area contributed by atoms with Gasteiger partial charge in [0, 0.05) is 20.1 Å². The summed E-state index contributed by atoms with van der Waals surface area (Å²) in [5.74, 6) is 0.716. The van der Waals surface area contributed by atoms with Crippen LogP contribution in [-0.4, -0.2) is 39.7 Å². The van der Waals surface area contributed by atoms with Crippen LogP contribution in [0.1, 0.15) is 15.9 Å². The smallest absolute Gasteiger partial charge is 0.341 e. The topological polar surface area (TPSA) is 72.0 Å². The van der Waals surface area contributed by atoms with E-state index in [2.05, 4.69) is 22.2 Å². The second kappa shape index (κ2) is 8.63. The van der Waals surface area contributed by atoms with Crippen LogP contribution in [0.25, 0.3) is 0 Å². The number of carbonyl (C=O) groups is 1. The Bertz CT molecular complexity index is 527. The Labute approximate surface area is 124 Å². The van der Waals surface area contributed by atoms with Gasteiger partial charge in [0.2, 0.25) is 0 Å². The lowest BCUT2D eigenvalue weighted by Gasteiger charge is -2.12. The fourth-order valence-corrected chi connectivity index (χ4v) is 1.71. The highest BCUT2D eigenvalue weighted by Crippen LogP contribution is 2.20. The van der Waals surface area contributed by atoms with E-state index in [4.69, 9.17) is 9.47 Å². The number of carbonyl (C=O) groups excluding carboxylic acids is 1. The quantitative estimate of drug-likeness (QED) is 0.358. The number of methoxy groups -OCH3 is 2. The molecule has 1 rings (SSSR count). The van der Waals surface area contributed by atoms with Gasteiger partial charge in [-0.3, -0.25) is 4.99 Å². The molecular formula is C15H21N3O3. The molecule has 114 valence electrons. The van der Waals surface area contributed by atoms with Crippen molar-refractivity contribution < 1.29 is 14.3 Å². The number of esters is 1. The van der Waals surface area contributed by atoms with E-state index < -0.39 is 5.97 Å². The van der Waals surface area contributed by atoms with Gasteiger partial charge in [0.1, 0.15) is 11.3 Å². The average molecular weight is 291 g/mol. The molecule has 1 aromatic rings. The van der Waals surface area contributed by atoms with E-state index in [-0.39, 0.29) is 0 Å². The number of hydrogen-bond acceptors (Lipinski definition) is 4. The average Bonchev–Trinajstić information content (AvgIpc) is 2.54. The standard InChI is InChI=1S/C15H21N3O3/c1-5-8-17-15(16-2)18-10-11-6-7-13(20-3)12(9-11)14(19)21-4/h5-7,9H,1,8,10H2,2-4H3,(H2,16,17,18). The minimum Gasteiger partial charge on any atom is -0.496 e. The summed E-state index contributed by atoms with van der Waals surface area (Å²) in [6, 6.07) is 5.35. The third-order valence-corrected chi connectivity index (χ3v) is 2.77. The number of guanidine groups is 1. The zero-order valence-electron chi connectivity index (χ0n) is 12.6. The Morgan fingerprint density at radius 1 is 1.38 bits per heavy atom. The Morgan fingerprint density at radius 3 is 2.71 bits per heavy atom. The van der Waals surface area contributed by atoms with Crippen molar-refractivity contribution in [1.29, 1.82) is 0 Å². The molecule has 6 nitrogen and oxygen atoms in total. The molecular weight excluding hydrogens is 270 g/mol. The lowest BCUT2D eigenvalue weighted by molar-refractivity contribution is 0.0597. The zero-order chi connectivity index (χ0) is 15.7. The van der Waals surface area contributed by atoms with E-state index in [1.807, 2.05) is 6.07 Å². The van der Waals surface area contributed by atoms with Gasteiger partial charge < -0.3 is 20.1 Å². The van der Waals surface area contributed by atoms with Gasteiger partial charge in [0.25, 0.3) is 0 Å². The van der Waals surface area contributed by atoms with Crippen LogP contribution in [0.2, 0.25) is 0 Å². The van der Waals surface area contributed by atoms with Gasteiger partial charge in [0.05, 0.1) is 14.2 Å². The highest BCUT2D eigenvalue weighted by molar-refractivity contribution is 5.92. The Kier molecular flexibility index (Phi) is 6.80. The molecule has 0 radical (unpaired) electrons. The van der Waals surface area contributed by atoms with Crippen LogP contribution in [0.4, 0.5) is 0 Å². The molecule has 0 heterocycles. The van der Waals surface area contributed by atoms with E-state index in [1.54, 1.807) is 25.3 Å². The van der Waals surface area contributed by atoms with Crippen molar-refractivity contribution in [2.45, 2.75) is 6.54 Å². The molecule has 0 amide bonds. The van der Waals surface area contributed by atoms with Crippen molar-refractivity contribution in [2.75, 3.05) is 27.8 Å². The predicted octanol–water partition coefficient (Wildman–Crippen LogP) is 1.33. The molecule has 0 aliphatic carbocycles. The van der Waals surface area contributed by atoms with E-state index in [0.717, 1.165) is 5.56 Å². The molecule has 6 heteroatoms.